The maximum Gasteiger partial charge on any atom is 0.174 e. The molecular formula is C20H25N3OS. The minimum absolute atomic E-state index is 0.482. The molecule has 1 saturated carbocycles. The number of aryl methyl sites for hydroxylation is 1. The van der Waals surface area contributed by atoms with Crippen molar-refractivity contribution in [3.05, 3.63) is 53.9 Å². The predicted octanol–water partition coefficient (Wildman–Crippen LogP) is 4.54. The first-order chi connectivity index (χ1) is 12.2. The quantitative estimate of drug-likeness (QED) is 0.797. The summed E-state index contributed by atoms with van der Waals surface area (Å²) in [4.78, 5) is 6.54. The maximum atomic E-state index is 5.78. The Morgan fingerprint density at radius 2 is 2.12 bits per heavy atom. The average Bonchev–Trinajstić information content (AvgIpc) is 3.15. The van der Waals surface area contributed by atoms with Crippen LogP contribution < -0.4 is 10.1 Å². The fourth-order valence-corrected chi connectivity index (χ4v) is 3.70. The molecule has 1 aromatic carbocycles. The number of methoxy groups -OCH3 is 1. The van der Waals surface area contributed by atoms with Crippen LogP contribution in [0.25, 0.3) is 0 Å². The van der Waals surface area contributed by atoms with Crippen LogP contribution in [0.15, 0.2) is 42.7 Å². The second-order valence-corrected chi connectivity index (χ2v) is 6.95. The van der Waals surface area contributed by atoms with Crippen molar-refractivity contribution in [2.24, 2.45) is 0 Å². The van der Waals surface area contributed by atoms with E-state index in [0.717, 1.165) is 23.1 Å². The number of benzene rings is 1. The van der Waals surface area contributed by atoms with Crippen LogP contribution in [0.2, 0.25) is 0 Å². The van der Waals surface area contributed by atoms with Gasteiger partial charge in [-0.05, 0) is 61.3 Å². The van der Waals surface area contributed by atoms with Gasteiger partial charge in [0, 0.05) is 25.0 Å². The van der Waals surface area contributed by atoms with E-state index in [-0.39, 0.29) is 0 Å². The Balaban J connectivity index is 1.80. The third-order valence-corrected chi connectivity index (χ3v) is 5.04. The maximum absolute atomic E-state index is 5.78. The summed E-state index contributed by atoms with van der Waals surface area (Å²) in [6.07, 6.45) is 8.63. The molecule has 0 saturated heterocycles. The minimum atomic E-state index is 0.482. The summed E-state index contributed by atoms with van der Waals surface area (Å²) in [5.41, 5.74) is 3.27. The van der Waals surface area contributed by atoms with Gasteiger partial charge in [0.05, 0.1) is 12.8 Å². The van der Waals surface area contributed by atoms with Gasteiger partial charge >= 0.3 is 0 Å². The Labute approximate surface area is 155 Å². The largest absolute Gasteiger partial charge is 0.495 e. The minimum Gasteiger partial charge on any atom is -0.495 e. The number of thiocarbonyl (C=S) groups is 1. The van der Waals surface area contributed by atoms with Crippen LogP contribution in [0.1, 0.15) is 36.8 Å². The number of pyridine rings is 1. The van der Waals surface area contributed by atoms with Crippen LogP contribution in [-0.4, -0.2) is 28.1 Å². The molecule has 0 unspecified atom stereocenters. The van der Waals surface area contributed by atoms with E-state index < -0.39 is 0 Å². The molecule has 1 aliphatic rings. The van der Waals surface area contributed by atoms with Crippen LogP contribution in [0, 0.1) is 6.92 Å². The van der Waals surface area contributed by atoms with E-state index in [9.17, 15) is 0 Å². The molecule has 0 bridgehead atoms. The third kappa shape index (κ3) is 4.48. The summed E-state index contributed by atoms with van der Waals surface area (Å²) in [6.45, 7) is 2.84. The highest BCUT2D eigenvalue weighted by Crippen LogP contribution is 2.29. The molecule has 0 amide bonds. The van der Waals surface area contributed by atoms with E-state index in [4.69, 9.17) is 17.0 Å². The Morgan fingerprint density at radius 1 is 1.32 bits per heavy atom. The molecule has 1 aliphatic carbocycles. The van der Waals surface area contributed by atoms with Crippen molar-refractivity contribution >= 4 is 23.0 Å². The Morgan fingerprint density at radius 3 is 2.80 bits per heavy atom. The molecule has 1 heterocycles. The van der Waals surface area contributed by atoms with Gasteiger partial charge in [-0.15, -0.1) is 0 Å². The first-order valence-corrected chi connectivity index (χ1v) is 9.19. The summed E-state index contributed by atoms with van der Waals surface area (Å²) < 4.78 is 5.47. The average molecular weight is 356 g/mol. The Kier molecular flexibility index (Phi) is 5.87. The van der Waals surface area contributed by atoms with Crippen molar-refractivity contribution in [2.75, 3.05) is 12.4 Å². The lowest BCUT2D eigenvalue weighted by atomic mass is 10.2. The molecule has 0 aliphatic heterocycles. The van der Waals surface area contributed by atoms with E-state index in [0.29, 0.717) is 6.04 Å². The van der Waals surface area contributed by atoms with Crippen LogP contribution in [0.4, 0.5) is 5.69 Å². The zero-order valence-corrected chi connectivity index (χ0v) is 15.7. The van der Waals surface area contributed by atoms with Gasteiger partial charge in [0.2, 0.25) is 0 Å². The monoisotopic (exact) mass is 355 g/mol. The molecule has 1 fully saturated rings. The van der Waals surface area contributed by atoms with Crippen molar-refractivity contribution in [2.45, 2.75) is 45.2 Å². The molecule has 1 N–H and O–H groups in total. The zero-order chi connectivity index (χ0) is 17.6. The SMILES string of the molecule is COc1ccc(C)cc1NC(=S)N(Cc1cccnc1)C1CCCC1. The number of hydrogen-bond donors (Lipinski definition) is 1. The van der Waals surface area contributed by atoms with E-state index in [1.165, 1.54) is 36.8 Å². The molecule has 0 atom stereocenters. The van der Waals surface area contributed by atoms with Crippen molar-refractivity contribution in [1.29, 1.82) is 0 Å². The molecule has 0 radical (unpaired) electrons. The number of anilines is 1. The smallest absolute Gasteiger partial charge is 0.174 e. The van der Waals surface area contributed by atoms with Crippen LogP contribution >= 0.6 is 12.2 Å². The zero-order valence-electron chi connectivity index (χ0n) is 14.9. The highest BCUT2D eigenvalue weighted by Gasteiger charge is 2.25. The van der Waals surface area contributed by atoms with Crippen LogP contribution in [0.3, 0.4) is 0 Å². The third-order valence-electron chi connectivity index (χ3n) is 4.70. The number of ether oxygens (including phenoxy) is 1. The first kappa shape index (κ1) is 17.7. The van der Waals surface area contributed by atoms with Gasteiger partial charge in [-0.2, -0.15) is 0 Å². The highest BCUT2D eigenvalue weighted by atomic mass is 32.1. The predicted molar refractivity (Wildman–Crippen MR) is 106 cm³/mol. The second kappa shape index (κ2) is 8.30. The summed E-state index contributed by atoms with van der Waals surface area (Å²) in [7, 11) is 1.68. The summed E-state index contributed by atoms with van der Waals surface area (Å²) in [5.74, 6) is 0.806. The summed E-state index contributed by atoms with van der Waals surface area (Å²) in [6, 6.07) is 10.6. The standard InChI is InChI=1S/C20H25N3OS/c1-15-9-10-19(24-2)18(12-15)22-20(25)23(17-7-3-4-8-17)14-16-6-5-11-21-13-16/h5-6,9-13,17H,3-4,7-8,14H2,1-2H3,(H,22,25). The lowest BCUT2D eigenvalue weighted by Crippen LogP contribution is -2.41. The number of aromatic nitrogens is 1. The van der Waals surface area contributed by atoms with Gasteiger partial charge in [-0.3, -0.25) is 4.98 Å². The van der Waals surface area contributed by atoms with Crippen molar-refractivity contribution in [3.63, 3.8) is 0 Å². The highest BCUT2D eigenvalue weighted by molar-refractivity contribution is 7.80. The Bertz CT molecular complexity index is 714. The van der Waals surface area contributed by atoms with Crippen molar-refractivity contribution < 1.29 is 4.74 Å². The lowest BCUT2D eigenvalue weighted by Gasteiger charge is -2.32. The molecule has 25 heavy (non-hydrogen) atoms. The van der Waals surface area contributed by atoms with E-state index >= 15 is 0 Å². The van der Waals surface area contributed by atoms with Gasteiger partial charge in [0.25, 0.3) is 0 Å². The van der Waals surface area contributed by atoms with Gasteiger partial charge < -0.3 is 15.0 Å². The summed E-state index contributed by atoms with van der Waals surface area (Å²) >= 11 is 5.78. The van der Waals surface area contributed by atoms with E-state index in [1.54, 1.807) is 13.3 Å². The second-order valence-electron chi connectivity index (χ2n) is 6.56. The van der Waals surface area contributed by atoms with Gasteiger partial charge in [-0.25, -0.2) is 0 Å². The summed E-state index contributed by atoms with van der Waals surface area (Å²) in [5, 5.41) is 4.16. The molecular weight excluding hydrogens is 330 g/mol. The molecule has 1 aromatic heterocycles. The van der Waals surface area contributed by atoms with Gasteiger partial charge in [0.1, 0.15) is 5.75 Å². The molecule has 5 heteroatoms. The number of nitrogens with zero attached hydrogens (tertiary/aromatic N) is 2. The van der Waals surface area contributed by atoms with Crippen molar-refractivity contribution in [1.82, 2.24) is 9.88 Å². The fraction of sp³-hybridized carbons (Fsp3) is 0.400. The van der Waals surface area contributed by atoms with Crippen LogP contribution in [0.5, 0.6) is 5.75 Å². The molecule has 3 rings (SSSR count). The van der Waals surface area contributed by atoms with E-state index in [2.05, 4.69) is 34.3 Å². The van der Waals surface area contributed by atoms with Crippen LogP contribution in [-0.2, 0) is 6.54 Å². The van der Waals surface area contributed by atoms with E-state index in [1.807, 2.05) is 24.4 Å². The number of rotatable bonds is 5. The number of nitrogens with one attached hydrogen (secondary N) is 1. The number of hydrogen-bond acceptors (Lipinski definition) is 3. The molecule has 0 spiro atoms. The van der Waals surface area contributed by atoms with Gasteiger partial charge in [0.15, 0.2) is 5.11 Å². The Hall–Kier alpha value is -2.14. The lowest BCUT2D eigenvalue weighted by molar-refractivity contribution is 0.312. The first-order valence-electron chi connectivity index (χ1n) is 8.78. The molecule has 4 nitrogen and oxygen atoms in total. The molecule has 132 valence electrons. The van der Waals surface area contributed by atoms with Crippen molar-refractivity contribution in [3.8, 4) is 5.75 Å². The molecule has 2 aromatic rings. The topological polar surface area (TPSA) is 37.4 Å². The normalized spacial score (nSPS) is 14.3. The fourth-order valence-electron chi connectivity index (χ4n) is 3.38. The van der Waals surface area contributed by atoms with Gasteiger partial charge in [-0.1, -0.05) is 25.0 Å².